The van der Waals surface area contributed by atoms with Gasteiger partial charge in [0.15, 0.2) is 6.29 Å². The second-order valence-corrected chi connectivity index (χ2v) is 18.3. The van der Waals surface area contributed by atoms with Crippen LogP contribution in [0, 0.1) is 0 Å². The maximum absolute atomic E-state index is 13.0. The molecule has 0 aromatic rings. The normalized spacial score (nSPS) is 20.6. The Labute approximate surface area is 364 Å². The summed E-state index contributed by atoms with van der Waals surface area (Å²) in [6.07, 6.45) is 39.7. The van der Waals surface area contributed by atoms with E-state index in [1.807, 2.05) is 0 Å². The summed E-state index contributed by atoms with van der Waals surface area (Å²) in [4.78, 5) is 13.0. The van der Waals surface area contributed by atoms with Crippen molar-refractivity contribution in [2.24, 2.45) is 0 Å². The van der Waals surface area contributed by atoms with Crippen LogP contribution in [0.2, 0.25) is 0 Å². The van der Waals surface area contributed by atoms with E-state index < -0.39 is 49.5 Å². The third-order valence-corrected chi connectivity index (χ3v) is 12.7. The summed E-state index contributed by atoms with van der Waals surface area (Å²) in [5, 5.41) is 54.5. The van der Waals surface area contributed by atoms with Crippen molar-refractivity contribution in [3.8, 4) is 0 Å². The largest absolute Gasteiger partial charge is 0.394 e. The van der Waals surface area contributed by atoms with Crippen molar-refractivity contribution >= 4 is 5.91 Å². The average molecular weight is 842 g/mol. The van der Waals surface area contributed by atoms with Gasteiger partial charge >= 0.3 is 0 Å². The number of rotatable bonds is 44. The van der Waals surface area contributed by atoms with E-state index in [0.717, 1.165) is 38.5 Å². The lowest BCUT2D eigenvalue weighted by molar-refractivity contribution is -0.302. The molecule has 7 unspecified atom stereocenters. The summed E-state index contributed by atoms with van der Waals surface area (Å²) >= 11 is 0. The molecule has 7 atom stereocenters. The molecule has 1 saturated heterocycles. The first-order valence-electron chi connectivity index (χ1n) is 25.7. The number of hydrogen-bond donors (Lipinski definition) is 6. The molecule has 9 nitrogen and oxygen atoms in total. The zero-order valence-corrected chi connectivity index (χ0v) is 38.8. The van der Waals surface area contributed by atoms with Gasteiger partial charge in [-0.2, -0.15) is 0 Å². The highest BCUT2D eigenvalue weighted by Crippen LogP contribution is 2.23. The van der Waals surface area contributed by atoms with Crippen molar-refractivity contribution in [3.63, 3.8) is 0 Å². The minimum Gasteiger partial charge on any atom is -0.394 e. The zero-order chi connectivity index (χ0) is 43.0. The minimum absolute atomic E-state index is 0.131. The minimum atomic E-state index is -1.55. The molecular weight excluding hydrogens is 743 g/mol. The van der Waals surface area contributed by atoms with Gasteiger partial charge in [-0.05, 0) is 12.8 Å². The van der Waals surface area contributed by atoms with Crippen molar-refractivity contribution in [1.29, 1.82) is 0 Å². The molecule has 0 aliphatic carbocycles. The summed E-state index contributed by atoms with van der Waals surface area (Å²) in [7, 11) is 0. The number of carbonyl (C=O) groups excluding carboxylic acids is 1. The van der Waals surface area contributed by atoms with Crippen LogP contribution in [0.5, 0.6) is 0 Å². The van der Waals surface area contributed by atoms with Gasteiger partial charge in [-0.15, -0.1) is 0 Å². The molecule has 0 bridgehead atoms. The fourth-order valence-electron chi connectivity index (χ4n) is 8.58. The molecule has 1 heterocycles. The summed E-state index contributed by atoms with van der Waals surface area (Å²) in [5.74, 6) is -0.138. The monoisotopic (exact) mass is 842 g/mol. The Balaban J connectivity index is 2.25. The van der Waals surface area contributed by atoms with E-state index >= 15 is 0 Å². The number of amides is 1. The van der Waals surface area contributed by atoms with Crippen LogP contribution < -0.4 is 5.32 Å². The number of carbonyl (C=O) groups is 1. The maximum atomic E-state index is 13.0. The van der Waals surface area contributed by atoms with Gasteiger partial charge in [-0.1, -0.05) is 239 Å². The molecule has 1 amide bonds. The third-order valence-electron chi connectivity index (χ3n) is 12.7. The lowest BCUT2D eigenvalue weighted by Gasteiger charge is -2.40. The highest BCUT2D eigenvalue weighted by molar-refractivity contribution is 5.76. The van der Waals surface area contributed by atoms with Crippen LogP contribution in [0.15, 0.2) is 0 Å². The molecule has 352 valence electrons. The second-order valence-electron chi connectivity index (χ2n) is 18.3. The molecular formula is C50H99NO8. The Hall–Kier alpha value is -0.810. The maximum Gasteiger partial charge on any atom is 0.220 e. The number of hydrogen-bond acceptors (Lipinski definition) is 8. The van der Waals surface area contributed by atoms with Crippen LogP contribution in [-0.4, -0.2) is 87.5 Å². The number of aliphatic hydroxyl groups is 5. The van der Waals surface area contributed by atoms with Crippen LogP contribution in [0.4, 0.5) is 0 Å². The molecule has 0 spiro atoms. The highest BCUT2D eigenvalue weighted by Gasteiger charge is 2.44. The molecule has 0 radical (unpaired) electrons. The smallest absolute Gasteiger partial charge is 0.220 e. The molecule has 0 aromatic carbocycles. The standard InChI is InChI=1S/C50H99NO8/c1-3-5-7-9-11-13-15-17-19-21-22-24-26-28-30-32-34-36-38-40-46(54)51-43(42-58-50-49(57)48(56)47(55)45(41-52)59-50)44(53)39-37-35-33-31-29-27-25-23-20-18-16-14-12-10-8-6-4-2/h43-45,47-50,52-53,55-57H,3-42H2,1-2H3,(H,51,54). The second kappa shape index (κ2) is 41.2. The van der Waals surface area contributed by atoms with Crippen LogP contribution in [-0.2, 0) is 14.3 Å². The van der Waals surface area contributed by atoms with Gasteiger partial charge in [0.25, 0.3) is 0 Å². The zero-order valence-electron chi connectivity index (χ0n) is 38.8. The average Bonchev–Trinajstić information content (AvgIpc) is 3.23. The van der Waals surface area contributed by atoms with E-state index in [-0.39, 0.29) is 12.5 Å². The van der Waals surface area contributed by atoms with Gasteiger partial charge in [0.05, 0.1) is 25.4 Å². The number of ether oxygens (including phenoxy) is 2. The van der Waals surface area contributed by atoms with Gasteiger partial charge in [0.1, 0.15) is 24.4 Å². The van der Waals surface area contributed by atoms with E-state index in [4.69, 9.17) is 9.47 Å². The van der Waals surface area contributed by atoms with Crippen molar-refractivity contribution < 1.29 is 39.8 Å². The molecule has 6 N–H and O–H groups in total. The Morgan fingerprint density at radius 2 is 0.847 bits per heavy atom. The fraction of sp³-hybridized carbons (Fsp3) is 0.980. The first-order valence-corrected chi connectivity index (χ1v) is 25.7. The molecule has 0 saturated carbocycles. The molecule has 1 rings (SSSR count). The molecule has 1 aliphatic rings. The van der Waals surface area contributed by atoms with Gasteiger partial charge < -0.3 is 40.3 Å². The van der Waals surface area contributed by atoms with Crippen molar-refractivity contribution in [2.75, 3.05) is 13.2 Å². The van der Waals surface area contributed by atoms with Crippen molar-refractivity contribution in [1.82, 2.24) is 5.32 Å². The SMILES string of the molecule is CCCCCCCCCCCCCCCCCCCCCC(=O)NC(COC1OC(CO)C(O)C(O)C1O)C(O)CCCCCCCCCCCCCCCCCCC. The first-order chi connectivity index (χ1) is 28.8. The van der Waals surface area contributed by atoms with Crippen LogP contribution in [0.1, 0.15) is 258 Å². The van der Waals surface area contributed by atoms with Crippen LogP contribution in [0.3, 0.4) is 0 Å². The first kappa shape index (κ1) is 56.2. The van der Waals surface area contributed by atoms with E-state index in [1.54, 1.807) is 0 Å². The van der Waals surface area contributed by atoms with E-state index in [0.29, 0.717) is 12.8 Å². The van der Waals surface area contributed by atoms with Crippen LogP contribution >= 0.6 is 0 Å². The summed E-state index contributed by atoms with van der Waals surface area (Å²) < 4.78 is 11.3. The van der Waals surface area contributed by atoms with E-state index in [1.165, 1.54) is 193 Å². The summed E-state index contributed by atoms with van der Waals surface area (Å²) in [6.45, 7) is 3.87. The third kappa shape index (κ3) is 31.6. The highest BCUT2D eigenvalue weighted by atomic mass is 16.7. The van der Waals surface area contributed by atoms with Crippen molar-refractivity contribution in [3.05, 3.63) is 0 Å². The Morgan fingerprint density at radius 1 is 0.508 bits per heavy atom. The van der Waals surface area contributed by atoms with Gasteiger partial charge in [0.2, 0.25) is 5.91 Å². The molecule has 0 aromatic heterocycles. The Kier molecular flexibility index (Phi) is 39.3. The van der Waals surface area contributed by atoms with Gasteiger partial charge in [0, 0.05) is 6.42 Å². The van der Waals surface area contributed by atoms with Crippen molar-refractivity contribution in [2.45, 2.75) is 301 Å². The lowest BCUT2D eigenvalue weighted by atomic mass is 9.99. The Morgan fingerprint density at radius 3 is 1.20 bits per heavy atom. The predicted octanol–water partition coefficient (Wildman–Crippen LogP) is 11.5. The molecule has 1 aliphatic heterocycles. The molecule has 59 heavy (non-hydrogen) atoms. The van der Waals surface area contributed by atoms with E-state index in [9.17, 15) is 30.3 Å². The topological polar surface area (TPSA) is 149 Å². The number of nitrogens with one attached hydrogen (secondary N) is 1. The fourth-order valence-corrected chi connectivity index (χ4v) is 8.58. The molecule has 9 heteroatoms. The van der Waals surface area contributed by atoms with Gasteiger partial charge in [-0.3, -0.25) is 4.79 Å². The van der Waals surface area contributed by atoms with Gasteiger partial charge in [-0.25, -0.2) is 0 Å². The number of unbranched alkanes of at least 4 members (excludes halogenated alkanes) is 34. The van der Waals surface area contributed by atoms with E-state index in [2.05, 4.69) is 19.2 Å². The summed E-state index contributed by atoms with van der Waals surface area (Å²) in [5.41, 5.74) is 0. The Bertz CT molecular complexity index is 893. The van der Waals surface area contributed by atoms with Crippen LogP contribution in [0.25, 0.3) is 0 Å². The summed E-state index contributed by atoms with van der Waals surface area (Å²) in [6, 6.07) is -0.712. The number of aliphatic hydroxyl groups excluding tert-OH is 5. The molecule has 1 fully saturated rings. The predicted molar refractivity (Wildman–Crippen MR) is 244 cm³/mol. The lowest BCUT2D eigenvalue weighted by Crippen LogP contribution is -2.60. The quantitative estimate of drug-likeness (QED) is 0.0332.